The Labute approximate surface area is 315 Å². The largest absolute Gasteiger partial charge is 0.504 e. The van der Waals surface area contributed by atoms with Gasteiger partial charge in [0.25, 0.3) is 0 Å². The van der Waals surface area contributed by atoms with Gasteiger partial charge in [-0.05, 0) is 54.8 Å². The second-order valence-corrected chi connectivity index (χ2v) is 13.3. The summed E-state index contributed by atoms with van der Waals surface area (Å²) in [5.74, 6) is -0.847. The summed E-state index contributed by atoms with van der Waals surface area (Å²) in [6, 6.07) is 8.94. The highest BCUT2D eigenvalue weighted by Gasteiger charge is 2.54. The summed E-state index contributed by atoms with van der Waals surface area (Å²) in [6.45, 7) is -0.557. The van der Waals surface area contributed by atoms with Gasteiger partial charge < -0.3 is 88.6 Å². The molecule has 0 amide bonds. The van der Waals surface area contributed by atoms with Crippen LogP contribution in [-0.4, -0.2) is 172 Å². The van der Waals surface area contributed by atoms with Gasteiger partial charge in [-0.1, -0.05) is 12.1 Å². The Morgan fingerprint density at radius 3 is 2.22 bits per heavy atom. The van der Waals surface area contributed by atoms with E-state index >= 15 is 0 Å². The average molecular weight is 785 g/mol. The Morgan fingerprint density at radius 2 is 1.55 bits per heavy atom. The molecule has 19 heteroatoms. The van der Waals surface area contributed by atoms with Gasteiger partial charge in [0.15, 0.2) is 48.0 Å². The summed E-state index contributed by atoms with van der Waals surface area (Å²) < 4.78 is 50.8. The van der Waals surface area contributed by atoms with Gasteiger partial charge in [-0.25, -0.2) is 4.79 Å². The zero-order chi connectivity index (χ0) is 40.0. The normalized spacial score (nSPS) is 35.2. The lowest BCUT2D eigenvalue weighted by atomic mass is 9.96. The van der Waals surface area contributed by atoms with Crippen LogP contribution in [0.5, 0.6) is 23.0 Å². The molecular formula is C36H48O19. The number of hydrogen-bond acceptors (Lipinski definition) is 19. The van der Waals surface area contributed by atoms with Crippen LogP contribution in [0.2, 0.25) is 0 Å². The summed E-state index contributed by atoms with van der Waals surface area (Å²) in [5.41, 5.74) is -0.920. The van der Waals surface area contributed by atoms with Crippen molar-refractivity contribution in [1.82, 2.24) is 0 Å². The topological polar surface area (TPSA) is 282 Å². The number of ether oxygens (including phenoxy) is 9. The molecule has 3 aliphatic heterocycles. The molecule has 0 radical (unpaired) electrons. The second-order valence-electron chi connectivity index (χ2n) is 13.3. The Bertz CT molecular complexity index is 1610. The van der Waals surface area contributed by atoms with Crippen molar-refractivity contribution in [3.63, 3.8) is 0 Å². The maximum absolute atomic E-state index is 13.4. The first kappa shape index (κ1) is 42.5. The zero-order valence-electron chi connectivity index (χ0n) is 30.2. The summed E-state index contributed by atoms with van der Waals surface area (Å²) in [6.07, 6.45) is -16.3. The number of aromatic hydroxyl groups is 2. The van der Waals surface area contributed by atoms with Crippen LogP contribution in [0, 0.1) is 0 Å². The zero-order valence-corrected chi connectivity index (χ0v) is 30.2. The summed E-state index contributed by atoms with van der Waals surface area (Å²) >= 11 is 0. The number of esters is 1. The van der Waals surface area contributed by atoms with Gasteiger partial charge in [0.1, 0.15) is 48.3 Å². The van der Waals surface area contributed by atoms with Crippen molar-refractivity contribution in [1.29, 1.82) is 0 Å². The van der Waals surface area contributed by atoms with E-state index in [9.17, 15) is 50.8 Å². The maximum atomic E-state index is 13.4. The highest BCUT2D eigenvalue weighted by molar-refractivity contribution is 5.87. The fraction of sp³-hybridized carbons (Fsp3) is 0.583. The number of carbonyl (C=O) groups is 1. The fourth-order valence-corrected chi connectivity index (χ4v) is 6.17. The van der Waals surface area contributed by atoms with Crippen LogP contribution >= 0.6 is 0 Å². The van der Waals surface area contributed by atoms with E-state index in [1.165, 1.54) is 51.5 Å². The molecule has 55 heavy (non-hydrogen) atoms. The molecular weight excluding hydrogens is 736 g/mol. The van der Waals surface area contributed by atoms with E-state index in [0.717, 1.165) is 6.08 Å². The van der Waals surface area contributed by atoms with E-state index in [-0.39, 0.29) is 36.0 Å². The fourth-order valence-electron chi connectivity index (χ4n) is 6.17. The molecule has 0 saturated carbocycles. The minimum atomic E-state index is -2.04. The summed E-state index contributed by atoms with van der Waals surface area (Å²) in [5, 5.41) is 93.8. The van der Waals surface area contributed by atoms with Gasteiger partial charge in [-0.2, -0.15) is 0 Å². The first-order chi connectivity index (χ1) is 26.2. The number of methoxy groups -OCH3 is 2. The Kier molecular flexibility index (Phi) is 14.3. The molecule has 0 bridgehead atoms. The third-order valence-corrected chi connectivity index (χ3v) is 9.50. The molecule has 13 atom stereocenters. The average Bonchev–Trinajstić information content (AvgIpc) is 3.47. The molecule has 3 aliphatic rings. The lowest BCUT2D eigenvalue weighted by Gasteiger charge is -2.46. The smallest absolute Gasteiger partial charge is 0.331 e. The lowest BCUT2D eigenvalue weighted by Crippen LogP contribution is -2.65. The molecule has 2 aromatic rings. The van der Waals surface area contributed by atoms with Crippen molar-refractivity contribution >= 4 is 12.0 Å². The minimum Gasteiger partial charge on any atom is -0.504 e. The number of aliphatic hydroxyl groups is 7. The molecule has 306 valence electrons. The van der Waals surface area contributed by atoms with Crippen LogP contribution in [0.25, 0.3) is 6.08 Å². The molecule has 0 aromatic heterocycles. The number of phenolic OH excluding ortho intramolecular Hbond substituents is 2. The number of benzene rings is 2. The molecule has 3 saturated heterocycles. The Balaban J connectivity index is 1.42. The maximum Gasteiger partial charge on any atom is 0.331 e. The van der Waals surface area contributed by atoms with E-state index in [1.807, 2.05) is 0 Å². The quantitative estimate of drug-likeness (QED) is 0.0701. The monoisotopic (exact) mass is 784 g/mol. The van der Waals surface area contributed by atoms with E-state index in [2.05, 4.69) is 0 Å². The van der Waals surface area contributed by atoms with Crippen LogP contribution in [0.3, 0.4) is 0 Å². The van der Waals surface area contributed by atoms with Gasteiger partial charge in [-0.3, -0.25) is 0 Å². The number of aliphatic hydroxyl groups excluding tert-OH is 6. The lowest BCUT2D eigenvalue weighted by molar-refractivity contribution is -0.360. The van der Waals surface area contributed by atoms with Crippen molar-refractivity contribution in [2.24, 2.45) is 0 Å². The Hall–Kier alpha value is -3.67. The van der Waals surface area contributed by atoms with E-state index in [4.69, 9.17) is 42.6 Å². The summed E-state index contributed by atoms with van der Waals surface area (Å²) in [7, 11) is 2.74. The molecule has 0 spiro atoms. The molecule has 5 rings (SSSR count). The van der Waals surface area contributed by atoms with Gasteiger partial charge in [0.2, 0.25) is 0 Å². The highest BCUT2D eigenvalue weighted by Crippen LogP contribution is 2.34. The van der Waals surface area contributed by atoms with Gasteiger partial charge in [0.05, 0.1) is 46.8 Å². The van der Waals surface area contributed by atoms with E-state index in [0.29, 0.717) is 11.1 Å². The van der Waals surface area contributed by atoms with Crippen molar-refractivity contribution in [2.75, 3.05) is 40.6 Å². The van der Waals surface area contributed by atoms with Crippen LogP contribution < -0.4 is 9.47 Å². The SMILES string of the molecule is COc1cc(/C=C/C(=O)O[C@H]2[C@H](O[C@@H]3O[C@H](C)[C@@H](O)[C@@H](O)[C@H]3O)[C@@H](O)[C@H](OCCc3ccc(O)c(OC)c3)O[C@@H]2CO[C@@H]2OCC(O)(CO)[C@H]2O)ccc1O. The summed E-state index contributed by atoms with van der Waals surface area (Å²) in [4.78, 5) is 13.4. The molecule has 2 aromatic carbocycles. The van der Waals surface area contributed by atoms with Crippen LogP contribution in [0.4, 0.5) is 0 Å². The first-order valence-corrected chi connectivity index (χ1v) is 17.4. The highest BCUT2D eigenvalue weighted by atomic mass is 16.8. The van der Waals surface area contributed by atoms with Crippen molar-refractivity contribution in [3.05, 3.63) is 53.6 Å². The van der Waals surface area contributed by atoms with Crippen molar-refractivity contribution in [3.8, 4) is 23.0 Å². The Morgan fingerprint density at radius 1 is 0.855 bits per heavy atom. The molecule has 3 heterocycles. The number of phenols is 2. The molecule has 9 N–H and O–H groups in total. The van der Waals surface area contributed by atoms with Crippen molar-refractivity contribution < 1.29 is 93.4 Å². The van der Waals surface area contributed by atoms with E-state index in [1.54, 1.807) is 12.1 Å². The standard InChI is InChI=1S/C36H48O19/c1-17-26(41)27(42)28(43)34(52-17)55-31-29(44)33(49-11-10-19-5-8-21(39)23(13-19)48-3)53-24(14-50-35-32(45)36(46,15-37)16-51-35)30(31)54-25(40)9-6-18-4-7-20(38)22(12-18)47-2/h4-9,12-13,17,24,26-35,37-39,41-46H,10-11,14-16H2,1-3H3/b9-6+/t17-,24-,26-,27-,28-,29-,30-,31-,32+,33-,34+,35-,36?/m1/s1. The first-order valence-electron chi connectivity index (χ1n) is 17.4. The number of hydrogen-bond donors (Lipinski definition) is 9. The van der Waals surface area contributed by atoms with Crippen molar-refractivity contribution in [2.45, 2.75) is 92.8 Å². The van der Waals surface area contributed by atoms with Gasteiger partial charge >= 0.3 is 5.97 Å². The predicted octanol–water partition coefficient (Wildman–Crippen LogP) is -1.94. The molecule has 3 fully saturated rings. The number of rotatable bonds is 15. The van der Waals surface area contributed by atoms with Gasteiger partial charge in [0, 0.05) is 6.08 Å². The minimum absolute atomic E-state index is 0.0767. The third-order valence-electron chi connectivity index (χ3n) is 9.50. The van der Waals surface area contributed by atoms with Crippen LogP contribution in [-0.2, 0) is 44.4 Å². The number of carbonyl (C=O) groups excluding carboxylic acids is 1. The van der Waals surface area contributed by atoms with Crippen LogP contribution in [0.1, 0.15) is 18.1 Å². The predicted molar refractivity (Wildman–Crippen MR) is 184 cm³/mol. The molecule has 19 nitrogen and oxygen atoms in total. The van der Waals surface area contributed by atoms with Gasteiger partial charge in [-0.15, -0.1) is 0 Å². The third kappa shape index (κ3) is 9.84. The van der Waals surface area contributed by atoms with Crippen LogP contribution in [0.15, 0.2) is 42.5 Å². The molecule has 0 aliphatic carbocycles. The molecule has 1 unspecified atom stereocenters. The van der Waals surface area contributed by atoms with E-state index < -0.39 is 105 Å². The second kappa shape index (κ2) is 18.5.